The molecule has 0 radical (unpaired) electrons. The van der Waals surface area contributed by atoms with Crippen LogP contribution in [0.25, 0.3) is 0 Å². The topological polar surface area (TPSA) is 41.4 Å². The summed E-state index contributed by atoms with van der Waals surface area (Å²) in [7, 11) is 0. The molecule has 0 N–H and O–H groups in total. The van der Waals surface area contributed by atoms with E-state index in [-0.39, 0.29) is 5.91 Å². The minimum atomic E-state index is 0.242. The third-order valence-corrected chi connectivity index (χ3v) is 6.17. The van der Waals surface area contributed by atoms with Gasteiger partial charge in [0.1, 0.15) is 5.82 Å². The average molecular weight is 401 g/mol. The van der Waals surface area contributed by atoms with E-state index in [4.69, 9.17) is 0 Å². The molecule has 3 rings (SSSR count). The van der Waals surface area contributed by atoms with Crippen LogP contribution >= 0.6 is 11.8 Å². The number of thioether (sulfide) groups is 1. The van der Waals surface area contributed by atoms with Crippen molar-refractivity contribution < 1.29 is 4.79 Å². The summed E-state index contributed by atoms with van der Waals surface area (Å²) >= 11 is 1.85. The molecule has 0 spiro atoms. The van der Waals surface area contributed by atoms with Crippen LogP contribution in [0.15, 0.2) is 41.6 Å². The fraction of sp³-hybridized carbons (Fsp3) is 0.545. The van der Waals surface area contributed by atoms with Gasteiger partial charge in [0.15, 0.2) is 0 Å². The highest BCUT2D eigenvalue weighted by Gasteiger charge is 2.21. The molecule has 0 aliphatic carbocycles. The van der Waals surface area contributed by atoms with Gasteiger partial charge in [0.05, 0.1) is 6.42 Å². The van der Waals surface area contributed by atoms with E-state index in [0.717, 1.165) is 57.1 Å². The first-order valence-electron chi connectivity index (χ1n) is 10.3. The van der Waals surface area contributed by atoms with Gasteiger partial charge in [-0.05, 0) is 17.7 Å². The number of aryl methyl sites for hydroxylation is 1. The number of rotatable bonds is 8. The summed E-state index contributed by atoms with van der Waals surface area (Å²) in [5.41, 5.74) is 1.10. The predicted octanol–water partition coefficient (Wildman–Crippen LogP) is 3.33. The maximum atomic E-state index is 12.7. The van der Waals surface area contributed by atoms with Gasteiger partial charge in [0.25, 0.3) is 0 Å². The zero-order valence-corrected chi connectivity index (χ0v) is 18.1. The average Bonchev–Trinajstić information content (AvgIpc) is 3.15. The largest absolute Gasteiger partial charge is 0.340 e. The highest BCUT2D eigenvalue weighted by molar-refractivity contribution is 7.99. The van der Waals surface area contributed by atoms with Crippen LogP contribution in [0, 0.1) is 0 Å². The van der Waals surface area contributed by atoms with E-state index < -0.39 is 0 Å². The van der Waals surface area contributed by atoms with E-state index >= 15 is 0 Å². The summed E-state index contributed by atoms with van der Waals surface area (Å²) in [6.07, 6.45) is 5.40. The van der Waals surface area contributed by atoms with Crippen molar-refractivity contribution in [2.45, 2.75) is 50.3 Å². The molecule has 1 aromatic heterocycles. The van der Waals surface area contributed by atoms with Crippen molar-refractivity contribution in [3.63, 3.8) is 0 Å². The number of imidazole rings is 1. The fourth-order valence-corrected chi connectivity index (χ4v) is 4.41. The number of carbonyl (C=O) groups excluding carboxylic acids is 1. The quantitative estimate of drug-likeness (QED) is 0.638. The molecular weight excluding hydrogens is 368 g/mol. The van der Waals surface area contributed by atoms with Gasteiger partial charge in [-0.3, -0.25) is 9.69 Å². The molecule has 5 nitrogen and oxygen atoms in total. The first kappa shape index (κ1) is 20.9. The Morgan fingerprint density at radius 3 is 2.46 bits per heavy atom. The number of piperazine rings is 1. The number of hydrogen-bond donors (Lipinski definition) is 0. The Kier molecular flexibility index (Phi) is 7.57. The Morgan fingerprint density at radius 2 is 1.82 bits per heavy atom. The highest BCUT2D eigenvalue weighted by atomic mass is 32.2. The van der Waals surface area contributed by atoms with E-state index in [2.05, 4.69) is 65.7 Å². The maximum Gasteiger partial charge on any atom is 0.227 e. The molecule has 1 aliphatic heterocycles. The minimum Gasteiger partial charge on any atom is -0.340 e. The third-order valence-electron chi connectivity index (χ3n) is 5.15. The molecule has 28 heavy (non-hydrogen) atoms. The molecule has 2 heterocycles. The van der Waals surface area contributed by atoms with Crippen molar-refractivity contribution in [1.82, 2.24) is 19.4 Å². The van der Waals surface area contributed by atoms with Crippen molar-refractivity contribution in [2.75, 3.05) is 32.7 Å². The second-order valence-electron chi connectivity index (χ2n) is 7.60. The summed E-state index contributed by atoms with van der Waals surface area (Å²) in [6.45, 7) is 12.1. The van der Waals surface area contributed by atoms with Gasteiger partial charge < -0.3 is 9.47 Å². The lowest BCUT2D eigenvalue weighted by Gasteiger charge is -2.35. The van der Waals surface area contributed by atoms with Gasteiger partial charge in [-0.25, -0.2) is 4.98 Å². The van der Waals surface area contributed by atoms with Crippen LogP contribution in [0.2, 0.25) is 0 Å². The molecule has 0 bridgehead atoms. The van der Waals surface area contributed by atoms with Crippen molar-refractivity contribution in [3.8, 4) is 0 Å². The summed E-state index contributed by atoms with van der Waals surface area (Å²) in [6, 6.07) is 8.45. The number of hydrogen-bond acceptors (Lipinski definition) is 4. The second-order valence-corrected chi connectivity index (χ2v) is 9.25. The van der Waals surface area contributed by atoms with Crippen LogP contribution < -0.4 is 0 Å². The normalized spacial score (nSPS) is 15.4. The number of aromatic nitrogens is 2. The number of benzene rings is 1. The van der Waals surface area contributed by atoms with Gasteiger partial charge in [-0.15, -0.1) is 11.8 Å². The Bertz CT molecular complexity index is 748. The van der Waals surface area contributed by atoms with Gasteiger partial charge in [0, 0.05) is 68.2 Å². The van der Waals surface area contributed by atoms with Crippen LogP contribution in [-0.4, -0.2) is 63.2 Å². The summed E-state index contributed by atoms with van der Waals surface area (Å²) in [4.78, 5) is 22.8. The summed E-state index contributed by atoms with van der Waals surface area (Å²) < 4.78 is 2.23. The molecular formula is C22H32N4OS. The van der Waals surface area contributed by atoms with Crippen LogP contribution in [0.5, 0.6) is 0 Å². The maximum absolute atomic E-state index is 12.7. The zero-order valence-electron chi connectivity index (χ0n) is 17.3. The standard InChI is InChI=1S/C22H32N4OS/c1-4-21-23-9-10-25(21)14-11-24-12-15-26(16-13-24)22(27)17-19-5-7-20(8-6-19)28-18(2)3/h5-10,18H,4,11-17H2,1-3H3. The fourth-order valence-electron chi connectivity index (χ4n) is 3.57. The first-order valence-corrected chi connectivity index (χ1v) is 11.2. The Morgan fingerprint density at radius 1 is 1.11 bits per heavy atom. The molecule has 1 fully saturated rings. The molecule has 1 amide bonds. The van der Waals surface area contributed by atoms with E-state index in [1.54, 1.807) is 0 Å². The van der Waals surface area contributed by atoms with Crippen LogP contribution in [0.4, 0.5) is 0 Å². The van der Waals surface area contributed by atoms with Crippen molar-refractivity contribution in [1.29, 1.82) is 0 Å². The molecule has 152 valence electrons. The smallest absolute Gasteiger partial charge is 0.227 e. The van der Waals surface area contributed by atoms with Crippen LogP contribution in [-0.2, 0) is 24.2 Å². The predicted molar refractivity (Wildman–Crippen MR) is 116 cm³/mol. The number of nitrogens with zero attached hydrogens (tertiary/aromatic N) is 4. The molecule has 0 saturated carbocycles. The van der Waals surface area contributed by atoms with E-state index in [1.807, 2.05) is 22.9 Å². The lowest BCUT2D eigenvalue weighted by molar-refractivity contribution is -0.132. The first-order chi connectivity index (χ1) is 13.5. The molecule has 0 atom stereocenters. The molecule has 2 aromatic rings. The molecule has 0 unspecified atom stereocenters. The second kappa shape index (κ2) is 10.1. The van der Waals surface area contributed by atoms with Crippen molar-refractivity contribution >= 4 is 17.7 Å². The number of carbonyl (C=O) groups is 1. The SMILES string of the molecule is CCc1nccn1CCN1CCN(C(=O)Cc2ccc(SC(C)C)cc2)CC1. The third kappa shape index (κ3) is 5.85. The highest BCUT2D eigenvalue weighted by Crippen LogP contribution is 2.23. The molecule has 1 aromatic carbocycles. The van der Waals surface area contributed by atoms with Crippen LogP contribution in [0.1, 0.15) is 32.2 Å². The molecule has 6 heteroatoms. The molecule has 1 aliphatic rings. The van der Waals surface area contributed by atoms with Gasteiger partial charge in [-0.2, -0.15) is 0 Å². The Hall–Kier alpha value is -1.79. The van der Waals surface area contributed by atoms with E-state index in [9.17, 15) is 4.79 Å². The van der Waals surface area contributed by atoms with Crippen molar-refractivity contribution in [3.05, 3.63) is 48.0 Å². The molecule has 1 saturated heterocycles. The zero-order chi connectivity index (χ0) is 19.9. The monoisotopic (exact) mass is 400 g/mol. The summed E-state index contributed by atoms with van der Waals surface area (Å²) in [5, 5.41) is 0.575. The van der Waals surface area contributed by atoms with Gasteiger partial charge in [0.2, 0.25) is 5.91 Å². The Balaban J connectivity index is 1.42. The van der Waals surface area contributed by atoms with Gasteiger partial charge >= 0.3 is 0 Å². The Labute approximate surface area is 173 Å². The lowest BCUT2D eigenvalue weighted by atomic mass is 10.1. The van der Waals surface area contributed by atoms with E-state index in [1.165, 1.54) is 4.90 Å². The lowest BCUT2D eigenvalue weighted by Crippen LogP contribution is -2.49. The number of amides is 1. The minimum absolute atomic E-state index is 0.242. The van der Waals surface area contributed by atoms with E-state index in [0.29, 0.717) is 11.7 Å². The van der Waals surface area contributed by atoms with Gasteiger partial charge in [-0.1, -0.05) is 32.9 Å². The van der Waals surface area contributed by atoms with Crippen molar-refractivity contribution in [2.24, 2.45) is 0 Å². The summed E-state index contributed by atoms with van der Waals surface area (Å²) in [5.74, 6) is 1.39. The van der Waals surface area contributed by atoms with Crippen LogP contribution in [0.3, 0.4) is 0 Å².